The molecule has 0 bridgehead atoms. The molecule has 2 aromatic rings. The standard InChI is InChI=1S/C27H32N2O5/c1-27(2,3)24(25(32)28-17-12-16(13-17)14-23(30)31)29-26(33)34-15-22-20-10-6-4-8-18(20)19-9-5-7-11-21(19)22/h4-11,16-17,22,24H,12-15H2,1-3H3,(H,28,32)(H,29,33)(H,30,31)/t16?,17?,24-/m1/s1. The molecule has 180 valence electrons. The maximum absolute atomic E-state index is 12.9. The highest BCUT2D eigenvalue weighted by atomic mass is 16.5. The lowest BCUT2D eigenvalue weighted by Crippen LogP contribution is -2.57. The summed E-state index contributed by atoms with van der Waals surface area (Å²) in [7, 11) is 0. The van der Waals surface area contributed by atoms with Gasteiger partial charge in [-0.3, -0.25) is 9.59 Å². The van der Waals surface area contributed by atoms with E-state index in [0.717, 1.165) is 22.3 Å². The number of carbonyl (C=O) groups is 3. The van der Waals surface area contributed by atoms with E-state index in [1.54, 1.807) is 0 Å². The largest absolute Gasteiger partial charge is 0.481 e. The molecule has 0 heterocycles. The zero-order chi connectivity index (χ0) is 24.5. The summed E-state index contributed by atoms with van der Waals surface area (Å²) in [4.78, 5) is 36.5. The van der Waals surface area contributed by atoms with Gasteiger partial charge in [0.15, 0.2) is 0 Å². The van der Waals surface area contributed by atoms with E-state index in [1.165, 1.54) is 0 Å². The number of rotatable bonds is 7. The van der Waals surface area contributed by atoms with Gasteiger partial charge in [-0.2, -0.15) is 0 Å². The van der Waals surface area contributed by atoms with Crippen molar-refractivity contribution in [3.8, 4) is 11.1 Å². The van der Waals surface area contributed by atoms with Crippen LogP contribution in [0.2, 0.25) is 0 Å². The third-order valence-corrected chi connectivity index (χ3v) is 6.78. The number of hydrogen-bond acceptors (Lipinski definition) is 4. The fourth-order valence-corrected chi connectivity index (χ4v) is 4.98. The van der Waals surface area contributed by atoms with Gasteiger partial charge in [-0.05, 0) is 46.4 Å². The van der Waals surface area contributed by atoms with Crippen LogP contribution in [0.4, 0.5) is 4.79 Å². The van der Waals surface area contributed by atoms with Gasteiger partial charge in [0.05, 0.1) is 0 Å². The van der Waals surface area contributed by atoms with Crippen molar-refractivity contribution in [3.63, 3.8) is 0 Å². The Balaban J connectivity index is 1.36. The maximum Gasteiger partial charge on any atom is 0.407 e. The fourth-order valence-electron chi connectivity index (χ4n) is 4.98. The molecule has 7 nitrogen and oxygen atoms in total. The quantitative estimate of drug-likeness (QED) is 0.566. The topological polar surface area (TPSA) is 105 Å². The predicted molar refractivity (Wildman–Crippen MR) is 128 cm³/mol. The van der Waals surface area contributed by atoms with Crippen molar-refractivity contribution in [1.82, 2.24) is 10.6 Å². The Morgan fingerprint density at radius 3 is 2.09 bits per heavy atom. The van der Waals surface area contributed by atoms with Crippen LogP contribution in [0.15, 0.2) is 48.5 Å². The first-order valence-corrected chi connectivity index (χ1v) is 11.8. The number of carboxylic acid groups (broad SMARTS) is 1. The minimum Gasteiger partial charge on any atom is -0.481 e. The van der Waals surface area contributed by atoms with Crippen molar-refractivity contribution < 1.29 is 24.2 Å². The van der Waals surface area contributed by atoms with E-state index in [0.29, 0.717) is 12.8 Å². The normalized spacial score (nSPS) is 19.9. The smallest absolute Gasteiger partial charge is 0.407 e. The average Bonchev–Trinajstić information content (AvgIpc) is 3.07. The number of carboxylic acids is 1. The van der Waals surface area contributed by atoms with E-state index in [1.807, 2.05) is 45.0 Å². The SMILES string of the molecule is CC(C)(C)[C@H](NC(=O)OCC1c2ccccc2-c2ccccc21)C(=O)NC1CC(CC(=O)O)C1. The Morgan fingerprint density at radius 1 is 1.00 bits per heavy atom. The first kappa shape index (κ1) is 23.8. The van der Waals surface area contributed by atoms with Gasteiger partial charge >= 0.3 is 12.1 Å². The summed E-state index contributed by atoms with van der Waals surface area (Å²) in [5.41, 5.74) is 4.03. The van der Waals surface area contributed by atoms with Gasteiger partial charge in [0, 0.05) is 18.4 Å². The second kappa shape index (κ2) is 9.49. The summed E-state index contributed by atoms with van der Waals surface area (Å²) in [6.45, 7) is 5.83. The molecule has 0 unspecified atom stereocenters. The molecule has 1 saturated carbocycles. The second-order valence-electron chi connectivity index (χ2n) is 10.4. The third kappa shape index (κ3) is 5.08. The van der Waals surface area contributed by atoms with Crippen molar-refractivity contribution in [2.24, 2.45) is 11.3 Å². The van der Waals surface area contributed by atoms with Crippen molar-refractivity contribution in [3.05, 3.63) is 59.7 Å². The number of alkyl carbamates (subject to hydrolysis) is 1. The molecule has 34 heavy (non-hydrogen) atoms. The molecule has 2 amide bonds. The summed E-state index contributed by atoms with van der Waals surface area (Å²) in [5, 5.41) is 14.6. The summed E-state index contributed by atoms with van der Waals surface area (Å²) in [5.74, 6) is -1.06. The number of hydrogen-bond donors (Lipinski definition) is 3. The summed E-state index contributed by atoms with van der Waals surface area (Å²) < 4.78 is 5.63. The molecule has 0 saturated heterocycles. The van der Waals surface area contributed by atoms with Gasteiger partial charge in [-0.15, -0.1) is 0 Å². The Labute approximate surface area is 199 Å². The van der Waals surface area contributed by atoms with Gasteiger partial charge in [0.25, 0.3) is 0 Å². The van der Waals surface area contributed by atoms with E-state index < -0.39 is 23.5 Å². The van der Waals surface area contributed by atoms with Crippen molar-refractivity contribution >= 4 is 18.0 Å². The molecule has 2 aliphatic rings. The Bertz CT molecular complexity index is 1040. The Morgan fingerprint density at radius 2 is 1.56 bits per heavy atom. The molecule has 3 N–H and O–H groups in total. The van der Waals surface area contributed by atoms with Crippen LogP contribution in [0.5, 0.6) is 0 Å². The Hall–Kier alpha value is -3.35. The Kier molecular flexibility index (Phi) is 6.64. The molecule has 0 spiro atoms. The zero-order valence-electron chi connectivity index (χ0n) is 19.8. The number of ether oxygens (including phenoxy) is 1. The van der Waals surface area contributed by atoms with Gasteiger partial charge in [0.2, 0.25) is 5.91 Å². The third-order valence-electron chi connectivity index (χ3n) is 6.78. The van der Waals surface area contributed by atoms with Gasteiger partial charge in [-0.1, -0.05) is 69.3 Å². The number of benzene rings is 2. The number of amides is 2. The van der Waals surface area contributed by atoms with Crippen molar-refractivity contribution in [1.29, 1.82) is 0 Å². The fraction of sp³-hybridized carbons (Fsp3) is 0.444. The molecule has 0 radical (unpaired) electrons. The van der Waals surface area contributed by atoms with Crippen molar-refractivity contribution in [2.75, 3.05) is 6.61 Å². The van der Waals surface area contributed by atoms with E-state index in [4.69, 9.17) is 9.84 Å². The molecule has 0 aliphatic heterocycles. The van der Waals surface area contributed by atoms with Gasteiger partial charge < -0.3 is 20.5 Å². The van der Waals surface area contributed by atoms with E-state index in [-0.39, 0.29) is 36.8 Å². The lowest BCUT2D eigenvalue weighted by Gasteiger charge is -2.38. The molecule has 4 rings (SSSR count). The molecule has 2 aliphatic carbocycles. The molecule has 1 fully saturated rings. The molecule has 2 aromatic carbocycles. The summed E-state index contributed by atoms with van der Waals surface area (Å²) in [6.07, 6.45) is 0.765. The minimum absolute atomic E-state index is 0.0544. The molecular weight excluding hydrogens is 432 g/mol. The minimum atomic E-state index is -0.820. The highest BCUT2D eigenvalue weighted by molar-refractivity contribution is 5.87. The average molecular weight is 465 g/mol. The van der Waals surface area contributed by atoms with Crippen LogP contribution in [-0.2, 0) is 14.3 Å². The van der Waals surface area contributed by atoms with E-state index in [2.05, 4.69) is 34.9 Å². The second-order valence-corrected chi connectivity index (χ2v) is 10.4. The van der Waals surface area contributed by atoms with Crippen LogP contribution in [0.3, 0.4) is 0 Å². The highest BCUT2D eigenvalue weighted by Gasteiger charge is 2.38. The van der Waals surface area contributed by atoms with Crippen LogP contribution in [-0.4, -0.2) is 41.8 Å². The first-order chi connectivity index (χ1) is 16.1. The number of carbonyl (C=O) groups excluding carboxylic acids is 2. The van der Waals surface area contributed by atoms with Crippen LogP contribution < -0.4 is 10.6 Å². The molecule has 0 aromatic heterocycles. The lowest BCUT2D eigenvalue weighted by molar-refractivity contribution is -0.139. The van der Waals surface area contributed by atoms with Gasteiger partial charge in [0.1, 0.15) is 12.6 Å². The van der Waals surface area contributed by atoms with Crippen LogP contribution in [0.25, 0.3) is 11.1 Å². The highest BCUT2D eigenvalue weighted by Crippen LogP contribution is 2.44. The maximum atomic E-state index is 12.9. The zero-order valence-corrected chi connectivity index (χ0v) is 19.8. The van der Waals surface area contributed by atoms with Crippen LogP contribution in [0.1, 0.15) is 57.1 Å². The van der Waals surface area contributed by atoms with Crippen LogP contribution >= 0.6 is 0 Å². The molecular formula is C27H32N2O5. The lowest BCUT2D eigenvalue weighted by atomic mass is 9.77. The number of aliphatic carboxylic acids is 1. The van der Waals surface area contributed by atoms with E-state index >= 15 is 0 Å². The molecule has 7 heteroatoms. The first-order valence-electron chi connectivity index (χ1n) is 11.8. The monoisotopic (exact) mass is 464 g/mol. The summed E-state index contributed by atoms with van der Waals surface area (Å²) in [6, 6.07) is 15.4. The predicted octanol–water partition coefficient (Wildman–Crippen LogP) is 4.31. The number of nitrogens with one attached hydrogen (secondary N) is 2. The van der Waals surface area contributed by atoms with Gasteiger partial charge in [-0.25, -0.2) is 4.79 Å². The summed E-state index contributed by atoms with van der Waals surface area (Å²) >= 11 is 0. The van der Waals surface area contributed by atoms with E-state index in [9.17, 15) is 14.4 Å². The molecule has 1 atom stereocenters. The van der Waals surface area contributed by atoms with Crippen LogP contribution in [0, 0.1) is 11.3 Å². The van der Waals surface area contributed by atoms with Crippen molar-refractivity contribution in [2.45, 2.75) is 58.0 Å². The number of fused-ring (bicyclic) bond motifs is 3.